The van der Waals surface area contributed by atoms with Crippen LogP contribution in [-0.4, -0.2) is 51.1 Å². The molecule has 0 unspecified atom stereocenters. The zero-order chi connectivity index (χ0) is 30.9. The summed E-state index contributed by atoms with van der Waals surface area (Å²) in [6.45, 7) is 5.09. The number of likely N-dealkylation sites (tertiary alicyclic amines) is 1. The van der Waals surface area contributed by atoms with E-state index >= 15 is 0 Å². The van der Waals surface area contributed by atoms with Crippen molar-refractivity contribution >= 4 is 6.09 Å². The second-order valence-electron chi connectivity index (χ2n) is 10.8. The summed E-state index contributed by atoms with van der Waals surface area (Å²) in [7, 11) is 0. The number of carbonyl (C=O) groups excluding carboxylic acids is 1. The standard InChI is InChI=1S/C28H29F6N3O5/c1-26(2,3)41-25(39)37-13-12-20(38)22(37)24-35-23(36-42-24)17-8-11-21(19(15-17)28(32,33)34)40-14-4-5-16-6-9-18(10-7-16)27(29,30)31/h6-11,15,20,22,38H,4-5,12-14H2,1-3H3/t20-,22-/m0/s1. The highest BCUT2D eigenvalue weighted by atomic mass is 19.4. The lowest BCUT2D eigenvalue weighted by molar-refractivity contribution is -0.139. The van der Waals surface area contributed by atoms with E-state index in [0.29, 0.717) is 12.0 Å². The van der Waals surface area contributed by atoms with Gasteiger partial charge in [-0.2, -0.15) is 31.3 Å². The van der Waals surface area contributed by atoms with Gasteiger partial charge in [0.25, 0.3) is 5.89 Å². The van der Waals surface area contributed by atoms with Crippen LogP contribution in [0.1, 0.15) is 62.2 Å². The number of hydrogen-bond donors (Lipinski definition) is 1. The fourth-order valence-corrected chi connectivity index (χ4v) is 4.41. The molecule has 1 aromatic heterocycles. The van der Waals surface area contributed by atoms with E-state index in [0.717, 1.165) is 24.3 Å². The number of halogens is 6. The van der Waals surface area contributed by atoms with Gasteiger partial charge in [0.15, 0.2) is 0 Å². The van der Waals surface area contributed by atoms with Crippen LogP contribution in [0, 0.1) is 0 Å². The topological polar surface area (TPSA) is 97.9 Å². The minimum absolute atomic E-state index is 0.0364. The highest BCUT2D eigenvalue weighted by molar-refractivity contribution is 5.69. The minimum atomic E-state index is -4.79. The molecule has 0 saturated carbocycles. The van der Waals surface area contributed by atoms with E-state index in [2.05, 4.69) is 10.1 Å². The van der Waals surface area contributed by atoms with Crippen LogP contribution in [0.5, 0.6) is 5.75 Å². The average molecular weight is 602 g/mol. The van der Waals surface area contributed by atoms with Gasteiger partial charge in [-0.15, -0.1) is 0 Å². The molecule has 1 amide bonds. The monoisotopic (exact) mass is 601 g/mol. The quantitative estimate of drug-likeness (QED) is 0.234. The molecule has 2 heterocycles. The maximum absolute atomic E-state index is 13.9. The van der Waals surface area contributed by atoms with Crippen molar-refractivity contribution in [2.45, 2.75) is 70.1 Å². The SMILES string of the molecule is CC(C)(C)OC(=O)N1CC[C@H](O)[C@H]1c1nc(-c2ccc(OCCCc3ccc(C(F)(F)F)cc3)c(C(F)(F)F)c2)no1. The molecule has 1 N–H and O–H groups in total. The van der Waals surface area contributed by atoms with Crippen LogP contribution in [0.25, 0.3) is 11.4 Å². The van der Waals surface area contributed by atoms with Crippen LogP contribution >= 0.6 is 0 Å². The first-order valence-electron chi connectivity index (χ1n) is 13.0. The van der Waals surface area contributed by atoms with E-state index < -0.39 is 53.1 Å². The number of amides is 1. The minimum Gasteiger partial charge on any atom is -0.493 e. The van der Waals surface area contributed by atoms with E-state index in [1.165, 1.54) is 23.1 Å². The molecule has 0 bridgehead atoms. The zero-order valence-electron chi connectivity index (χ0n) is 22.9. The number of hydrogen-bond acceptors (Lipinski definition) is 7. The van der Waals surface area contributed by atoms with Gasteiger partial charge in [0.2, 0.25) is 5.82 Å². The number of benzene rings is 2. The summed E-state index contributed by atoms with van der Waals surface area (Å²) < 4.78 is 95.8. The smallest absolute Gasteiger partial charge is 0.419 e. The summed E-state index contributed by atoms with van der Waals surface area (Å²) >= 11 is 0. The number of ether oxygens (including phenoxy) is 2. The van der Waals surface area contributed by atoms with Crippen LogP contribution in [0.2, 0.25) is 0 Å². The maximum atomic E-state index is 13.9. The van der Waals surface area contributed by atoms with E-state index in [-0.39, 0.29) is 43.3 Å². The molecule has 0 spiro atoms. The summed E-state index contributed by atoms with van der Waals surface area (Å²) in [5, 5.41) is 14.2. The molecule has 8 nitrogen and oxygen atoms in total. The van der Waals surface area contributed by atoms with E-state index in [1.54, 1.807) is 20.8 Å². The Bertz CT molecular complexity index is 1380. The number of alkyl halides is 6. The third-order valence-corrected chi connectivity index (χ3v) is 6.38. The fraction of sp³-hybridized carbons (Fsp3) is 0.464. The van der Waals surface area contributed by atoms with Gasteiger partial charge in [0, 0.05) is 12.1 Å². The molecular formula is C28H29F6N3O5. The van der Waals surface area contributed by atoms with Crippen molar-refractivity contribution in [1.82, 2.24) is 15.0 Å². The van der Waals surface area contributed by atoms with E-state index in [9.17, 15) is 36.2 Å². The molecule has 228 valence electrons. The Morgan fingerprint density at radius 3 is 2.36 bits per heavy atom. The Balaban J connectivity index is 1.46. The Morgan fingerprint density at radius 1 is 1.05 bits per heavy atom. The Hall–Kier alpha value is -3.81. The van der Waals surface area contributed by atoms with Crippen LogP contribution in [0.4, 0.5) is 31.1 Å². The van der Waals surface area contributed by atoms with Gasteiger partial charge in [-0.1, -0.05) is 17.3 Å². The molecule has 0 aliphatic carbocycles. The van der Waals surface area contributed by atoms with Crippen molar-refractivity contribution in [3.63, 3.8) is 0 Å². The lowest BCUT2D eigenvalue weighted by Crippen LogP contribution is -2.38. The highest BCUT2D eigenvalue weighted by Gasteiger charge is 2.43. The Morgan fingerprint density at radius 2 is 1.74 bits per heavy atom. The number of rotatable bonds is 7. The lowest BCUT2D eigenvalue weighted by Gasteiger charge is -2.27. The second kappa shape index (κ2) is 11.8. The van der Waals surface area contributed by atoms with Crippen molar-refractivity contribution in [2.75, 3.05) is 13.2 Å². The van der Waals surface area contributed by atoms with Crippen molar-refractivity contribution in [1.29, 1.82) is 0 Å². The molecule has 42 heavy (non-hydrogen) atoms. The summed E-state index contributed by atoms with van der Waals surface area (Å²) in [6, 6.07) is 6.72. The molecule has 2 aromatic carbocycles. The second-order valence-corrected chi connectivity index (χ2v) is 10.8. The van der Waals surface area contributed by atoms with Gasteiger partial charge in [-0.05, 0) is 75.9 Å². The number of aryl methyl sites for hydroxylation is 1. The zero-order valence-corrected chi connectivity index (χ0v) is 22.9. The molecule has 14 heteroatoms. The molecule has 3 aromatic rings. The van der Waals surface area contributed by atoms with Crippen LogP contribution < -0.4 is 4.74 Å². The van der Waals surface area contributed by atoms with Gasteiger partial charge in [0.1, 0.15) is 17.4 Å². The summed E-state index contributed by atoms with van der Waals surface area (Å²) in [4.78, 5) is 18.0. The Labute approximate surface area is 237 Å². The van der Waals surface area contributed by atoms with E-state index in [1.807, 2.05) is 0 Å². The van der Waals surface area contributed by atoms with Gasteiger partial charge in [-0.25, -0.2) is 4.79 Å². The largest absolute Gasteiger partial charge is 0.493 e. The third-order valence-electron chi connectivity index (χ3n) is 6.38. The molecule has 0 radical (unpaired) electrons. The first kappa shape index (κ1) is 31.1. The van der Waals surface area contributed by atoms with Gasteiger partial charge >= 0.3 is 18.4 Å². The average Bonchev–Trinajstić information content (AvgIpc) is 3.51. The first-order chi connectivity index (χ1) is 19.5. The van der Waals surface area contributed by atoms with Gasteiger partial charge in [0.05, 0.1) is 23.8 Å². The van der Waals surface area contributed by atoms with Crippen molar-refractivity contribution in [3.8, 4) is 17.1 Å². The van der Waals surface area contributed by atoms with Gasteiger partial charge < -0.3 is 19.1 Å². The van der Waals surface area contributed by atoms with E-state index in [4.69, 9.17) is 14.0 Å². The van der Waals surface area contributed by atoms with Crippen molar-refractivity contribution in [3.05, 3.63) is 65.0 Å². The van der Waals surface area contributed by atoms with Crippen LogP contribution in [0.3, 0.4) is 0 Å². The summed E-state index contributed by atoms with van der Waals surface area (Å²) in [5.74, 6) is -0.782. The summed E-state index contributed by atoms with van der Waals surface area (Å²) in [6.07, 6.45) is -10.2. The number of carbonyl (C=O) groups is 1. The first-order valence-corrected chi connectivity index (χ1v) is 13.0. The number of aliphatic hydroxyl groups is 1. The maximum Gasteiger partial charge on any atom is 0.419 e. The van der Waals surface area contributed by atoms with Crippen LogP contribution in [0.15, 0.2) is 47.0 Å². The fourth-order valence-electron chi connectivity index (χ4n) is 4.41. The molecule has 2 atom stereocenters. The highest BCUT2D eigenvalue weighted by Crippen LogP contribution is 2.39. The lowest BCUT2D eigenvalue weighted by atomic mass is 10.1. The molecule has 4 rings (SSSR count). The Kier molecular flexibility index (Phi) is 8.76. The number of aliphatic hydroxyl groups excluding tert-OH is 1. The predicted octanol–water partition coefficient (Wildman–Crippen LogP) is 6.83. The number of aromatic nitrogens is 2. The summed E-state index contributed by atoms with van der Waals surface area (Å²) in [5.41, 5.74) is -2.12. The number of nitrogens with zero attached hydrogens (tertiary/aromatic N) is 3. The normalized spacial score (nSPS) is 17.9. The van der Waals surface area contributed by atoms with Crippen molar-refractivity contribution < 1.29 is 50.2 Å². The molecule has 1 aliphatic heterocycles. The molecule has 1 aliphatic rings. The van der Waals surface area contributed by atoms with Crippen molar-refractivity contribution in [2.24, 2.45) is 0 Å². The molecular weight excluding hydrogens is 572 g/mol. The van der Waals surface area contributed by atoms with Gasteiger partial charge in [-0.3, -0.25) is 4.90 Å². The molecule has 1 saturated heterocycles. The predicted molar refractivity (Wildman–Crippen MR) is 136 cm³/mol. The third kappa shape index (κ3) is 7.52. The van der Waals surface area contributed by atoms with Crippen LogP contribution in [-0.2, 0) is 23.5 Å². The molecule has 1 fully saturated rings.